The molecule has 0 atom stereocenters. The third-order valence-corrected chi connectivity index (χ3v) is 2.09. The van der Waals surface area contributed by atoms with Gasteiger partial charge in [-0.05, 0) is 18.9 Å². The van der Waals surface area contributed by atoms with Gasteiger partial charge in [-0.1, -0.05) is 0 Å². The van der Waals surface area contributed by atoms with Gasteiger partial charge in [0.25, 0.3) is 0 Å². The maximum atomic E-state index is 13.1. The topological polar surface area (TPSA) is 79.3 Å². The van der Waals surface area contributed by atoms with Gasteiger partial charge in [0.15, 0.2) is 5.82 Å². The Kier molecular flexibility index (Phi) is 5.06. The Balaban J connectivity index is 2.30. The maximum Gasteiger partial charge on any atom is 0.303 e. The maximum absolute atomic E-state index is 13.1. The van der Waals surface area contributed by atoms with E-state index < -0.39 is 11.8 Å². The number of aliphatic carboxylic acids is 1. The number of aromatic nitrogens is 1. The number of pyridine rings is 1. The first-order chi connectivity index (χ1) is 8.09. The summed E-state index contributed by atoms with van der Waals surface area (Å²) >= 11 is 0. The molecule has 0 fully saturated rings. The Labute approximate surface area is 97.7 Å². The van der Waals surface area contributed by atoms with E-state index in [-0.39, 0.29) is 24.4 Å². The number of halogens is 1. The lowest BCUT2D eigenvalue weighted by Gasteiger charge is -2.05. The number of rotatable bonds is 6. The molecule has 0 unspecified atom stereocenters. The minimum Gasteiger partial charge on any atom is -0.481 e. The Bertz CT molecular complexity index is 409. The molecule has 1 amide bonds. The van der Waals surface area contributed by atoms with Crippen LogP contribution >= 0.6 is 0 Å². The van der Waals surface area contributed by atoms with Crippen LogP contribution in [-0.4, -0.2) is 22.0 Å². The van der Waals surface area contributed by atoms with E-state index >= 15 is 0 Å². The zero-order chi connectivity index (χ0) is 12.7. The molecular formula is C11H13FN2O3. The van der Waals surface area contributed by atoms with Crippen LogP contribution in [0.5, 0.6) is 0 Å². The van der Waals surface area contributed by atoms with Crippen molar-refractivity contribution in [3.63, 3.8) is 0 Å². The number of amides is 1. The van der Waals surface area contributed by atoms with E-state index in [1.165, 1.54) is 12.3 Å². The number of hydrogen-bond acceptors (Lipinski definition) is 3. The van der Waals surface area contributed by atoms with Crippen molar-refractivity contribution in [3.8, 4) is 0 Å². The van der Waals surface area contributed by atoms with Crippen LogP contribution in [-0.2, 0) is 9.59 Å². The second-order valence-electron chi connectivity index (χ2n) is 3.50. The second kappa shape index (κ2) is 6.57. The van der Waals surface area contributed by atoms with E-state index in [4.69, 9.17) is 5.11 Å². The van der Waals surface area contributed by atoms with Crippen molar-refractivity contribution in [2.24, 2.45) is 0 Å². The van der Waals surface area contributed by atoms with Crippen LogP contribution in [0.3, 0.4) is 0 Å². The fourth-order valence-corrected chi connectivity index (χ4v) is 1.25. The summed E-state index contributed by atoms with van der Waals surface area (Å²) < 4.78 is 13.1. The smallest absolute Gasteiger partial charge is 0.303 e. The zero-order valence-electron chi connectivity index (χ0n) is 9.15. The molecule has 1 heterocycles. The molecule has 0 aliphatic heterocycles. The number of carboxylic acid groups (broad SMARTS) is 1. The first kappa shape index (κ1) is 13.1. The number of anilines is 1. The summed E-state index contributed by atoms with van der Waals surface area (Å²) in [7, 11) is 0. The van der Waals surface area contributed by atoms with Crippen molar-refractivity contribution in [3.05, 3.63) is 24.3 Å². The van der Waals surface area contributed by atoms with Crippen LogP contribution in [0, 0.1) is 5.82 Å². The van der Waals surface area contributed by atoms with Crippen LogP contribution in [0.25, 0.3) is 0 Å². The van der Waals surface area contributed by atoms with E-state index in [1.54, 1.807) is 0 Å². The van der Waals surface area contributed by atoms with Crippen LogP contribution < -0.4 is 5.32 Å². The molecule has 0 bridgehead atoms. The average Bonchev–Trinajstić information content (AvgIpc) is 2.27. The largest absolute Gasteiger partial charge is 0.481 e. The molecule has 2 N–H and O–H groups in total. The van der Waals surface area contributed by atoms with Crippen molar-refractivity contribution < 1.29 is 19.1 Å². The summed E-state index contributed by atoms with van der Waals surface area (Å²) in [4.78, 5) is 25.1. The SMILES string of the molecule is O=C(O)CCCCC(=O)Nc1ccncc1F. The van der Waals surface area contributed by atoms with Gasteiger partial charge in [0.1, 0.15) is 0 Å². The Morgan fingerprint density at radius 2 is 2.06 bits per heavy atom. The van der Waals surface area contributed by atoms with Gasteiger partial charge in [-0.25, -0.2) is 4.39 Å². The van der Waals surface area contributed by atoms with Crippen LogP contribution in [0.1, 0.15) is 25.7 Å². The lowest BCUT2D eigenvalue weighted by Crippen LogP contribution is -2.12. The normalized spacial score (nSPS) is 9.94. The molecule has 0 aliphatic carbocycles. The minimum atomic E-state index is -0.884. The molecule has 5 nitrogen and oxygen atoms in total. The molecule has 1 aromatic heterocycles. The monoisotopic (exact) mass is 240 g/mol. The lowest BCUT2D eigenvalue weighted by atomic mass is 10.2. The predicted octanol–water partition coefficient (Wildman–Crippen LogP) is 1.80. The third-order valence-electron chi connectivity index (χ3n) is 2.09. The third kappa shape index (κ3) is 5.05. The highest BCUT2D eigenvalue weighted by Gasteiger charge is 2.06. The van der Waals surface area contributed by atoms with Crippen LogP contribution in [0.15, 0.2) is 18.5 Å². The summed E-state index contributed by atoms with van der Waals surface area (Å²) in [6, 6.07) is 1.37. The van der Waals surface area contributed by atoms with Crippen LogP contribution in [0.4, 0.5) is 10.1 Å². The molecule has 92 valence electrons. The molecule has 0 aliphatic rings. The zero-order valence-corrected chi connectivity index (χ0v) is 9.15. The van der Waals surface area contributed by atoms with E-state index in [0.29, 0.717) is 12.8 Å². The van der Waals surface area contributed by atoms with Crippen molar-refractivity contribution in [1.82, 2.24) is 4.98 Å². The molecule has 0 spiro atoms. The summed E-state index contributed by atoms with van der Waals surface area (Å²) in [5, 5.41) is 10.8. The molecule has 0 radical (unpaired) electrons. The molecule has 0 saturated heterocycles. The van der Waals surface area contributed by atoms with Gasteiger partial charge < -0.3 is 10.4 Å². The number of carboxylic acids is 1. The number of unbranched alkanes of at least 4 members (excludes halogenated alkanes) is 1. The molecule has 0 aromatic carbocycles. The Morgan fingerprint density at radius 3 is 2.71 bits per heavy atom. The lowest BCUT2D eigenvalue weighted by molar-refractivity contribution is -0.137. The van der Waals surface area contributed by atoms with Gasteiger partial charge in [-0.3, -0.25) is 14.6 Å². The second-order valence-corrected chi connectivity index (χ2v) is 3.50. The van der Waals surface area contributed by atoms with Gasteiger partial charge >= 0.3 is 5.97 Å². The van der Waals surface area contributed by atoms with E-state index in [0.717, 1.165) is 6.20 Å². The molecule has 17 heavy (non-hydrogen) atoms. The number of nitrogens with zero attached hydrogens (tertiary/aromatic N) is 1. The van der Waals surface area contributed by atoms with Crippen molar-refractivity contribution >= 4 is 17.6 Å². The van der Waals surface area contributed by atoms with E-state index in [1.807, 2.05) is 0 Å². The number of carbonyl (C=O) groups excluding carboxylic acids is 1. The molecule has 0 saturated carbocycles. The summed E-state index contributed by atoms with van der Waals surface area (Å²) in [5.41, 5.74) is 0.0863. The summed E-state index contributed by atoms with van der Waals surface area (Å²) in [6.45, 7) is 0. The average molecular weight is 240 g/mol. The van der Waals surface area contributed by atoms with E-state index in [9.17, 15) is 14.0 Å². The molecule has 6 heteroatoms. The minimum absolute atomic E-state index is 0.0386. The number of hydrogen-bond donors (Lipinski definition) is 2. The fraction of sp³-hybridized carbons (Fsp3) is 0.364. The van der Waals surface area contributed by atoms with Gasteiger partial charge in [-0.2, -0.15) is 0 Å². The standard InChI is InChI=1S/C11H13FN2O3/c12-8-7-13-6-5-9(8)14-10(15)3-1-2-4-11(16)17/h5-7H,1-4H2,(H,16,17)(H,13,14,15). The highest BCUT2D eigenvalue weighted by Crippen LogP contribution is 2.11. The summed E-state index contributed by atoms with van der Waals surface area (Å²) in [5.74, 6) is -1.81. The molecule has 1 aromatic rings. The summed E-state index contributed by atoms with van der Waals surface area (Å²) in [6.07, 6.45) is 3.50. The Morgan fingerprint density at radius 1 is 1.35 bits per heavy atom. The number of carbonyl (C=O) groups is 2. The fourth-order valence-electron chi connectivity index (χ4n) is 1.25. The van der Waals surface area contributed by atoms with Gasteiger partial charge in [0.05, 0.1) is 11.9 Å². The van der Waals surface area contributed by atoms with Gasteiger partial charge in [-0.15, -0.1) is 0 Å². The van der Waals surface area contributed by atoms with Crippen molar-refractivity contribution in [2.75, 3.05) is 5.32 Å². The van der Waals surface area contributed by atoms with Gasteiger partial charge in [0, 0.05) is 19.0 Å². The highest BCUT2D eigenvalue weighted by atomic mass is 19.1. The highest BCUT2D eigenvalue weighted by molar-refractivity contribution is 5.90. The Hall–Kier alpha value is -1.98. The quantitative estimate of drug-likeness (QED) is 0.743. The first-order valence-electron chi connectivity index (χ1n) is 5.21. The van der Waals surface area contributed by atoms with Crippen molar-refractivity contribution in [2.45, 2.75) is 25.7 Å². The molecular weight excluding hydrogens is 227 g/mol. The first-order valence-corrected chi connectivity index (χ1v) is 5.21. The molecule has 1 rings (SSSR count). The van der Waals surface area contributed by atoms with E-state index in [2.05, 4.69) is 10.3 Å². The predicted molar refractivity (Wildman–Crippen MR) is 58.9 cm³/mol. The number of nitrogens with one attached hydrogen (secondary N) is 1. The van der Waals surface area contributed by atoms with Crippen LogP contribution in [0.2, 0.25) is 0 Å². The van der Waals surface area contributed by atoms with Crippen molar-refractivity contribution in [1.29, 1.82) is 0 Å². The van der Waals surface area contributed by atoms with Gasteiger partial charge in [0.2, 0.25) is 5.91 Å².